The fourth-order valence-electron chi connectivity index (χ4n) is 3.63. The van der Waals surface area contributed by atoms with Gasteiger partial charge in [0, 0.05) is 33.3 Å². The van der Waals surface area contributed by atoms with Crippen molar-refractivity contribution in [2.45, 2.75) is 30.4 Å². The molecule has 0 saturated carbocycles. The maximum absolute atomic E-state index is 13.2. The fraction of sp³-hybridized carbons (Fsp3) is 0.300. The highest BCUT2D eigenvalue weighted by Crippen LogP contribution is 2.58. The molecule has 2 aromatic carbocycles. The Bertz CT molecular complexity index is 945. The molecule has 1 atom stereocenters. The summed E-state index contributed by atoms with van der Waals surface area (Å²) in [6, 6.07) is 12.6. The maximum atomic E-state index is 13.2. The van der Waals surface area contributed by atoms with Crippen molar-refractivity contribution in [3.8, 4) is 0 Å². The Kier molecular flexibility index (Phi) is 4.16. The van der Waals surface area contributed by atoms with Gasteiger partial charge in [-0.15, -0.1) is 11.8 Å². The summed E-state index contributed by atoms with van der Waals surface area (Å²) >= 11 is 7.69. The predicted octanol–water partition coefficient (Wildman–Crippen LogP) is 4.81. The minimum atomic E-state index is -1.13. The molecule has 4 rings (SSSR count). The number of nitrogens with one attached hydrogen (secondary N) is 2. The molecule has 0 bridgehead atoms. The second-order valence-corrected chi connectivity index (χ2v) is 9.87. The van der Waals surface area contributed by atoms with Gasteiger partial charge in [-0.3, -0.25) is 9.69 Å². The van der Waals surface area contributed by atoms with Crippen LogP contribution in [0.3, 0.4) is 0 Å². The van der Waals surface area contributed by atoms with Crippen LogP contribution < -0.4 is 10.6 Å². The number of benzene rings is 2. The van der Waals surface area contributed by atoms with E-state index in [-0.39, 0.29) is 16.7 Å². The number of hydrogen-bond donors (Lipinski definition) is 2. The van der Waals surface area contributed by atoms with Crippen LogP contribution in [0.25, 0.3) is 0 Å². The molecule has 1 fully saturated rings. The van der Waals surface area contributed by atoms with E-state index in [0.29, 0.717) is 22.9 Å². The molecule has 2 aliphatic rings. The van der Waals surface area contributed by atoms with Crippen LogP contribution in [0.5, 0.6) is 0 Å². The number of carbonyl (C=O) groups excluding carboxylic acids is 2. The molecule has 2 aromatic rings. The second kappa shape index (κ2) is 6.17. The third-order valence-corrected chi connectivity index (χ3v) is 6.63. The van der Waals surface area contributed by atoms with E-state index in [9.17, 15) is 9.59 Å². The third-order valence-electron chi connectivity index (χ3n) is 4.79. The van der Waals surface area contributed by atoms with E-state index < -0.39 is 4.87 Å². The molecule has 0 aromatic heterocycles. The number of rotatable bonds is 1. The number of carbonyl (C=O) groups is 2. The lowest BCUT2D eigenvalue weighted by atomic mass is 10.0. The third kappa shape index (κ3) is 2.97. The lowest BCUT2D eigenvalue weighted by Gasteiger charge is -2.32. The molecule has 27 heavy (non-hydrogen) atoms. The topological polar surface area (TPSA) is 61.4 Å². The smallest absolute Gasteiger partial charge is 0.323 e. The van der Waals surface area contributed by atoms with Gasteiger partial charge in [-0.2, -0.15) is 0 Å². The second-order valence-electron chi connectivity index (χ2n) is 7.53. The minimum Gasteiger partial charge on any atom is -0.323 e. The zero-order chi connectivity index (χ0) is 19.4. The summed E-state index contributed by atoms with van der Waals surface area (Å²) in [5.41, 5.74) is 3.23. The molecule has 140 valence electrons. The van der Waals surface area contributed by atoms with Gasteiger partial charge in [0.2, 0.25) is 0 Å². The molecule has 2 heterocycles. The van der Waals surface area contributed by atoms with Gasteiger partial charge in [0.1, 0.15) is 0 Å². The molecule has 7 heteroatoms. The van der Waals surface area contributed by atoms with E-state index >= 15 is 0 Å². The van der Waals surface area contributed by atoms with Crippen LogP contribution in [0, 0.1) is 6.92 Å². The Hall–Kier alpha value is -2.18. The predicted molar refractivity (Wildman–Crippen MR) is 110 cm³/mol. The Morgan fingerprint density at radius 1 is 1.22 bits per heavy atom. The minimum absolute atomic E-state index is 0.214. The largest absolute Gasteiger partial charge is 0.323 e. The first-order valence-electron chi connectivity index (χ1n) is 8.68. The first kappa shape index (κ1) is 18.2. The van der Waals surface area contributed by atoms with Crippen molar-refractivity contribution in [3.05, 3.63) is 58.6 Å². The SMILES string of the molecule is Cc1ccc(NC(=O)N2CC(C)(C)SC23C(=O)Nc2ccc(Cl)cc23)cc1. The van der Waals surface area contributed by atoms with Gasteiger partial charge in [-0.25, -0.2) is 4.79 Å². The summed E-state index contributed by atoms with van der Waals surface area (Å²) in [4.78, 5) is 26.7. The quantitative estimate of drug-likeness (QED) is 0.720. The van der Waals surface area contributed by atoms with Gasteiger partial charge in [0.25, 0.3) is 5.91 Å². The fourth-order valence-corrected chi connectivity index (χ4v) is 5.47. The number of amides is 3. The Labute approximate surface area is 167 Å². The van der Waals surface area contributed by atoms with Crippen LogP contribution in [0.4, 0.5) is 16.2 Å². The lowest BCUT2D eigenvalue weighted by Crippen LogP contribution is -2.49. The van der Waals surface area contributed by atoms with Gasteiger partial charge >= 0.3 is 6.03 Å². The normalized spacial score (nSPS) is 22.7. The lowest BCUT2D eigenvalue weighted by molar-refractivity contribution is -0.121. The summed E-state index contributed by atoms with van der Waals surface area (Å²) in [6.45, 7) is 6.50. The van der Waals surface area contributed by atoms with Crippen molar-refractivity contribution in [1.29, 1.82) is 0 Å². The number of thioether (sulfide) groups is 1. The first-order chi connectivity index (χ1) is 12.7. The molecule has 1 spiro atoms. The summed E-state index contributed by atoms with van der Waals surface area (Å²) in [7, 11) is 0. The highest BCUT2D eigenvalue weighted by molar-refractivity contribution is 8.02. The van der Waals surface area contributed by atoms with Crippen molar-refractivity contribution >= 4 is 46.7 Å². The van der Waals surface area contributed by atoms with E-state index in [1.54, 1.807) is 23.1 Å². The highest BCUT2D eigenvalue weighted by atomic mass is 35.5. The van der Waals surface area contributed by atoms with Gasteiger partial charge in [-0.1, -0.05) is 29.3 Å². The van der Waals surface area contributed by atoms with E-state index in [1.165, 1.54) is 11.8 Å². The van der Waals surface area contributed by atoms with Gasteiger partial charge in [0.05, 0.1) is 0 Å². The van der Waals surface area contributed by atoms with Crippen LogP contribution in [-0.2, 0) is 9.67 Å². The van der Waals surface area contributed by atoms with Gasteiger partial charge < -0.3 is 10.6 Å². The number of nitrogens with zero attached hydrogens (tertiary/aromatic N) is 1. The van der Waals surface area contributed by atoms with E-state index in [0.717, 1.165) is 11.1 Å². The number of aryl methyl sites for hydroxylation is 1. The molecule has 5 nitrogen and oxygen atoms in total. The molecule has 2 aliphatic heterocycles. The first-order valence-corrected chi connectivity index (χ1v) is 9.88. The number of hydrogen-bond acceptors (Lipinski definition) is 3. The zero-order valence-electron chi connectivity index (χ0n) is 15.3. The van der Waals surface area contributed by atoms with Crippen LogP contribution in [0.2, 0.25) is 5.02 Å². The Morgan fingerprint density at radius 3 is 2.63 bits per heavy atom. The van der Waals surface area contributed by atoms with E-state index in [1.807, 2.05) is 45.0 Å². The average molecular weight is 402 g/mol. The maximum Gasteiger partial charge on any atom is 0.323 e. The van der Waals surface area contributed by atoms with Crippen molar-refractivity contribution in [2.24, 2.45) is 0 Å². The van der Waals surface area contributed by atoms with Crippen molar-refractivity contribution < 1.29 is 9.59 Å². The molecular formula is C20H20ClN3O2S. The zero-order valence-corrected chi connectivity index (χ0v) is 16.9. The summed E-state index contributed by atoms with van der Waals surface area (Å²) in [5, 5.41) is 6.37. The monoisotopic (exact) mass is 401 g/mol. The molecule has 2 N–H and O–H groups in total. The number of urea groups is 1. The standard InChI is InChI=1S/C20H20ClN3O2S/c1-12-4-7-14(8-5-12)22-18(26)24-11-19(2,3)27-20(24)15-10-13(21)6-9-16(15)23-17(20)25/h4-10H,11H2,1-3H3,(H,22,26)(H,23,25). The molecule has 3 amide bonds. The van der Waals surface area contributed by atoms with Crippen molar-refractivity contribution in [2.75, 3.05) is 17.2 Å². The molecule has 0 aliphatic carbocycles. The van der Waals surface area contributed by atoms with E-state index in [4.69, 9.17) is 11.6 Å². The van der Waals surface area contributed by atoms with Crippen LogP contribution in [-0.4, -0.2) is 28.1 Å². The summed E-state index contributed by atoms with van der Waals surface area (Å²) in [6.07, 6.45) is 0. The number of anilines is 2. The van der Waals surface area contributed by atoms with Crippen LogP contribution in [0.15, 0.2) is 42.5 Å². The van der Waals surface area contributed by atoms with Crippen LogP contribution >= 0.6 is 23.4 Å². The molecule has 0 radical (unpaired) electrons. The van der Waals surface area contributed by atoms with Gasteiger partial charge in [-0.05, 0) is 51.1 Å². The summed E-state index contributed by atoms with van der Waals surface area (Å²) in [5.74, 6) is -0.214. The average Bonchev–Trinajstić information content (AvgIpc) is 3.04. The molecule has 1 saturated heterocycles. The molecule has 1 unspecified atom stereocenters. The number of halogens is 1. The van der Waals surface area contributed by atoms with Crippen molar-refractivity contribution in [1.82, 2.24) is 4.90 Å². The highest BCUT2D eigenvalue weighted by Gasteiger charge is 2.61. The summed E-state index contributed by atoms with van der Waals surface area (Å²) < 4.78 is -0.286. The Morgan fingerprint density at radius 2 is 1.93 bits per heavy atom. The van der Waals surface area contributed by atoms with E-state index in [2.05, 4.69) is 10.6 Å². The van der Waals surface area contributed by atoms with Crippen LogP contribution in [0.1, 0.15) is 25.0 Å². The van der Waals surface area contributed by atoms with Crippen molar-refractivity contribution in [3.63, 3.8) is 0 Å². The molecular weight excluding hydrogens is 382 g/mol. The Balaban J connectivity index is 1.75. The number of fused-ring (bicyclic) bond motifs is 2. The van der Waals surface area contributed by atoms with Gasteiger partial charge in [0.15, 0.2) is 4.87 Å².